The highest BCUT2D eigenvalue weighted by Crippen LogP contribution is 2.32. The Bertz CT molecular complexity index is 1080. The van der Waals surface area contributed by atoms with Gasteiger partial charge in [0.2, 0.25) is 0 Å². The zero-order valence-corrected chi connectivity index (χ0v) is 19.4. The Hall–Kier alpha value is -3.32. The van der Waals surface area contributed by atoms with Crippen LogP contribution in [0.2, 0.25) is 0 Å². The van der Waals surface area contributed by atoms with Crippen molar-refractivity contribution in [1.82, 2.24) is 9.80 Å². The molecule has 172 valence electrons. The van der Waals surface area contributed by atoms with Gasteiger partial charge in [-0.1, -0.05) is 24.3 Å². The minimum atomic E-state index is -0.730. The molecule has 2 aromatic rings. The molecule has 0 bridgehead atoms. The van der Waals surface area contributed by atoms with Gasteiger partial charge in [0.25, 0.3) is 23.6 Å². The van der Waals surface area contributed by atoms with Gasteiger partial charge in [-0.2, -0.15) is 0 Å². The minimum absolute atomic E-state index is 0.251. The largest absolute Gasteiger partial charge is 0.375 e. The van der Waals surface area contributed by atoms with Crippen LogP contribution in [0.25, 0.3) is 0 Å². The Morgan fingerprint density at radius 3 is 1.55 bits per heavy atom. The Morgan fingerprint density at radius 1 is 0.667 bits per heavy atom. The number of benzene rings is 2. The lowest BCUT2D eigenvalue weighted by atomic mass is 9.98. The molecular formula is C26H28N2O5. The highest BCUT2D eigenvalue weighted by atomic mass is 16.5. The molecule has 0 saturated carbocycles. The average molecular weight is 449 g/mol. The molecule has 2 aliphatic rings. The molecule has 4 amide bonds. The van der Waals surface area contributed by atoms with E-state index in [-0.39, 0.29) is 30.2 Å². The molecule has 0 radical (unpaired) electrons. The second kappa shape index (κ2) is 8.23. The van der Waals surface area contributed by atoms with Crippen molar-refractivity contribution in [3.8, 4) is 0 Å². The standard InChI is InChI=1S/C26H28N2O5/c1-25(2,28-23(31)19-11-7-8-12-20(19)24(28)32)14-16-33-26(3,4)13-15-27-21(29)17-9-5-6-10-18(17)22(27)30/h5-12H,13-16H2,1-4H3. The predicted molar refractivity (Wildman–Crippen MR) is 122 cm³/mol. The van der Waals surface area contributed by atoms with Crippen LogP contribution in [-0.4, -0.2) is 57.7 Å². The smallest absolute Gasteiger partial charge is 0.262 e. The molecule has 0 atom stereocenters. The molecule has 0 saturated heterocycles. The van der Waals surface area contributed by atoms with Crippen molar-refractivity contribution in [1.29, 1.82) is 0 Å². The zero-order valence-electron chi connectivity index (χ0n) is 19.4. The quantitative estimate of drug-likeness (QED) is 0.572. The maximum atomic E-state index is 12.8. The first kappa shape index (κ1) is 22.9. The van der Waals surface area contributed by atoms with Crippen LogP contribution in [0.15, 0.2) is 48.5 Å². The molecule has 0 aromatic heterocycles. The van der Waals surface area contributed by atoms with Crippen LogP contribution in [0.5, 0.6) is 0 Å². The number of ether oxygens (including phenoxy) is 1. The van der Waals surface area contributed by atoms with Crippen molar-refractivity contribution >= 4 is 23.6 Å². The molecule has 2 heterocycles. The fourth-order valence-corrected chi connectivity index (χ4v) is 4.32. The summed E-state index contributed by atoms with van der Waals surface area (Å²) in [7, 11) is 0. The highest BCUT2D eigenvalue weighted by Gasteiger charge is 2.44. The Morgan fingerprint density at radius 2 is 1.09 bits per heavy atom. The van der Waals surface area contributed by atoms with Gasteiger partial charge in [-0.05, 0) is 64.8 Å². The fraction of sp³-hybridized carbons (Fsp3) is 0.385. The lowest BCUT2D eigenvalue weighted by Gasteiger charge is -2.35. The second-order valence-corrected chi connectivity index (χ2v) is 9.72. The SMILES string of the molecule is CC(C)(CCN1C(=O)c2ccccc2C1=O)OCCC(C)(C)N1C(=O)c2ccccc2C1=O. The van der Waals surface area contributed by atoms with Crippen molar-refractivity contribution in [2.45, 2.75) is 51.7 Å². The fourth-order valence-electron chi connectivity index (χ4n) is 4.32. The van der Waals surface area contributed by atoms with Crippen molar-refractivity contribution < 1.29 is 23.9 Å². The first-order valence-electron chi connectivity index (χ1n) is 11.1. The van der Waals surface area contributed by atoms with E-state index in [2.05, 4.69) is 0 Å². The number of amides is 4. The number of hydrogen-bond donors (Lipinski definition) is 0. The van der Waals surface area contributed by atoms with Gasteiger partial charge < -0.3 is 4.74 Å². The summed E-state index contributed by atoms with van der Waals surface area (Å²) in [6.45, 7) is 8.07. The summed E-state index contributed by atoms with van der Waals surface area (Å²) >= 11 is 0. The van der Waals surface area contributed by atoms with Crippen LogP contribution in [0.4, 0.5) is 0 Å². The molecule has 2 aromatic carbocycles. The Kier molecular flexibility index (Phi) is 5.70. The summed E-state index contributed by atoms with van der Waals surface area (Å²) in [4.78, 5) is 53.3. The van der Waals surface area contributed by atoms with E-state index < -0.39 is 11.1 Å². The van der Waals surface area contributed by atoms with Gasteiger partial charge in [0.1, 0.15) is 0 Å². The van der Waals surface area contributed by atoms with E-state index in [0.717, 1.165) is 0 Å². The molecule has 0 aliphatic carbocycles. The van der Waals surface area contributed by atoms with E-state index in [9.17, 15) is 19.2 Å². The second-order valence-electron chi connectivity index (χ2n) is 9.72. The average Bonchev–Trinajstić information content (AvgIpc) is 3.17. The molecular weight excluding hydrogens is 420 g/mol. The van der Waals surface area contributed by atoms with Crippen LogP contribution in [0.1, 0.15) is 82.0 Å². The summed E-state index contributed by atoms with van der Waals surface area (Å²) < 4.78 is 6.08. The first-order valence-corrected chi connectivity index (χ1v) is 11.1. The predicted octanol–water partition coefficient (Wildman–Crippen LogP) is 3.93. The molecule has 0 fully saturated rings. The highest BCUT2D eigenvalue weighted by molar-refractivity contribution is 6.22. The maximum Gasteiger partial charge on any atom is 0.262 e. The van der Waals surface area contributed by atoms with E-state index in [1.165, 1.54) is 9.80 Å². The van der Waals surface area contributed by atoms with Crippen molar-refractivity contribution in [2.75, 3.05) is 13.2 Å². The Labute approximate surface area is 193 Å². The van der Waals surface area contributed by atoms with Gasteiger partial charge in [0.05, 0.1) is 27.9 Å². The Balaban J connectivity index is 1.33. The summed E-state index contributed by atoms with van der Waals surface area (Å²) in [5, 5.41) is 0. The molecule has 4 rings (SSSR count). The van der Waals surface area contributed by atoms with Crippen LogP contribution >= 0.6 is 0 Å². The van der Waals surface area contributed by atoms with E-state index >= 15 is 0 Å². The summed E-state index contributed by atoms with van der Waals surface area (Å²) in [6, 6.07) is 13.7. The van der Waals surface area contributed by atoms with Crippen LogP contribution in [0, 0.1) is 0 Å². The zero-order chi connectivity index (χ0) is 24.0. The van der Waals surface area contributed by atoms with Crippen LogP contribution < -0.4 is 0 Å². The van der Waals surface area contributed by atoms with E-state index in [1.807, 2.05) is 27.7 Å². The summed E-state index contributed by atoms with van der Waals surface area (Å²) in [5.74, 6) is -1.13. The summed E-state index contributed by atoms with van der Waals surface area (Å²) in [6.07, 6.45) is 0.917. The lowest BCUT2D eigenvalue weighted by Crippen LogP contribution is -2.48. The molecule has 2 aliphatic heterocycles. The normalized spacial score (nSPS) is 16.0. The van der Waals surface area contributed by atoms with Crippen molar-refractivity contribution in [3.05, 3.63) is 70.8 Å². The van der Waals surface area contributed by atoms with Gasteiger partial charge in [-0.15, -0.1) is 0 Å². The molecule has 0 unspecified atom stereocenters. The van der Waals surface area contributed by atoms with Gasteiger partial charge in [0, 0.05) is 18.7 Å². The molecule has 7 nitrogen and oxygen atoms in total. The van der Waals surface area contributed by atoms with E-state index in [1.54, 1.807) is 48.5 Å². The number of carbonyl (C=O) groups excluding carboxylic acids is 4. The van der Waals surface area contributed by atoms with Crippen LogP contribution in [-0.2, 0) is 4.74 Å². The third-order valence-corrected chi connectivity index (χ3v) is 6.42. The van der Waals surface area contributed by atoms with Gasteiger partial charge in [-0.3, -0.25) is 29.0 Å². The van der Waals surface area contributed by atoms with E-state index in [4.69, 9.17) is 4.74 Å². The number of nitrogens with zero attached hydrogens (tertiary/aromatic N) is 2. The third kappa shape index (κ3) is 4.09. The monoisotopic (exact) mass is 448 g/mol. The van der Waals surface area contributed by atoms with Crippen molar-refractivity contribution in [2.24, 2.45) is 0 Å². The number of hydrogen-bond acceptors (Lipinski definition) is 5. The number of fused-ring (bicyclic) bond motifs is 2. The molecule has 0 spiro atoms. The van der Waals surface area contributed by atoms with Crippen LogP contribution in [0.3, 0.4) is 0 Å². The third-order valence-electron chi connectivity index (χ3n) is 6.42. The maximum absolute atomic E-state index is 12.8. The minimum Gasteiger partial charge on any atom is -0.375 e. The number of carbonyl (C=O) groups is 4. The summed E-state index contributed by atoms with van der Waals surface area (Å²) in [5.41, 5.74) is 0.391. The van der Waals surface area contributed by atoms with E-state index in [0.29, 0.717) is 41.7 Å². The molecule has 7 heteroatoms. The lowest BCUT2D eigenvalue weighted by molar-refractivity contribution is -0.0385. The van der Waals surface area contributed by atoms with Crippen molar-refractivity contribution in [3.63, 3.8) is 0 Å². The molecule has 33 heavy (non-hydrogen) atoms. The van der Waals surface area contributed by atoms with Gasteiger partial charge >= 0.3 is 0 Å². The van der Waals surface area contributed by atoms with Gasteiger partial charge in [-0.25, -0.2) is 0 Å². The topological polar surface area (TPSA) is 84.0 Å². The number of rotatable bonds is 8. The van der Waals surface area contributed by atoms with Gasteiger partial charge in [0.15, 0.2) is 0 Å². The number of imide groups is 2. The molecule has 0 N–H and O–H groups in total. The first-order chi connectivity index (χ1) is 15.5.